The van der Waals surface area contributed by atoms with E-state index in [1.165, 1.54) is 26.4 Å². The summed E-state index contributed by atoms with van der Waals surface area (Å²) in [4.78, 5) is 15.4. The first kappa shape index (κ1) is 11.9. The molecule has 0 aliphatic heterocycles. The number of anilines is 1. The average Bonchev–Trinajstić information content (AvgIpc) is 2.33. The van der Waals surface area contributed by atoms with Crippen LogP contribution in [0.1, 0.15) is 43.1 Å². The number of hydrogen-bond donors (Lipinski definition) is 1. The molecule has 1 aromatic rings. The second-order valence-corrected chi connectivity index (χ2v) is 4.53. The Balaban J connectivity index is 2.13. The Morgan fingerprint density at radius 2 is 2.35 bits per heavy atom. The number of methoxy groups -OCH3 is 1. The third-order valence-corrected chi connectivity index (χ3v) is 3.55. The highest BCUT2D eigenvalue weighted by molar-refractivity contribution is 5.88. The molecule has 1 aliphatic rings. The number of ether oxygens (including phenoxy) is 1. The molecule has 4 nitrogen and oxygen atoms in total. The van der Waals surface area contributed by atoms with Crippen molar-refractivity contribution in [3.05, 3.63) is 24.0 Å². The van der Waals surface area contributed by atoms with Gasteiger partial charge in [-0.2, -0.15) is 0 Å². The molecular formula is C13H18N2O2. The molecule has 4 heteroatoms. The van der Waals surface area contributed by atoms with E-state index in [0.29, 0.717) is 5.69 Å². The zero-order chi connectivity index (χ0) is 12.3. The lowest BCUT2D eigenvalue weighted by atomic mass is 9.74. The molecule has 0 radical (unpaired) electrons. The maximum atomic E-state index is 11.4. The number of carbonyl (C=O) groups is 1. The molecule has 1 N–H and O–H groups in total. The van der Waals surface area contributed by atoms with Crippen molar-refractivity contribution in [2.45, 2.75) is 38.1 Å². The van der Waals surface area contributed by atoms with E-state index >= 15 is 0 Å². The van der Waals surface area contributed by atoms with E-state index in [1.807, 2.05) is 6.07 Å². The summed E-state index contributed by atoms with van der Waals surface area (Å²) in [6.07, 6.45) is 6.40. The molecule has 1 heterocycles. The van der Waals surface area contributed by atoms with Crippen LogP contribution in [0.3, 0.4) is 0 Å². The monoisotopic (exact) mass is 234 g/mol. The smallest absolute Gasteiger partial charge is 0.356 e. The first-order chi connectivity index (χ1) is 8.19. The van der Waals surface area contributed by atoms with Gasteiger partial charge in [-0.1, -0.05) is 6.92 Å². The van der Waals surface area contributed by atoms with Crippen molar-refractivity contribution in [1.82, 2.24) is 4.98 Å². The summed E-state index contributed by atoms with van der Waals surface area (Å²) in [5.74, 6) is -0.396. The summed E-state index contributed by atoms with van der Waals surface area (Å²) in [5.41, 5.74) is 1.51. The second-order valence-electron chi connectivity index (χ2n) is 4.53. The maximum Gasteiger partial charge on any atom is 0.356 e. The number of nitrogens with one attached hydrogen (secondary N) is 1. The van der Waals surface area contributed by atoms with Crippen LogP contribution in [0.15, 0.2) is 18.3 Å². The van der Waals surface area contributed by atoms with Gasteiger partial charge in [-0.05, 0) is 37.8 Å². The normalized spacial score (nSPS) is 17.1. The highest BCUT2D eigenvalue weighted by Gasteiger charge is 2.34. The van der Waals surface area contributed by atoms with Crippen LogP contribution >= 0.6 is 0 Å². The Labute approximate surface area is 101 Å². The van der Waals surface area contributed by atoms with Gasteiger partial charge in [0.15, 0.2) is 0 Å². The highest BCUT2D eigenvalue weighted by atomic mass is 16.5. The number of nitrogens with zero attached hydrogens (tertiary/aromatic N) is 1. The van der Waals surface area contributed by atoms with E-state index in [1.54, 1.807) is 12.3 Å². The van der Waals surface area contributed by atoms with Gasteiger partial charge in [-0.15, -0.1) is 0 Å². The number of pyridine rings is 1. The molecule has 92 valence electrons. The van der Waals surface area contributed by atoms with Crippen LogP contribution in [0.2, 0.25) is 0 Å². The topological polar surface area (TPSA) is 51.2 Å². The molecule has 0 saturated heterocycles. The van der Waals surface area contributed by atoms with Crippen LogP contribution in [0.25, 0.3) is 0 Å². The minimum Gasteiger partial charge on any atom is -0.464 e. The predicted octanol–water partition coefficient (Wildman–Crippen LogP) is 2.61. The predicted molar refractivity (Wildman–Crippen MR) is 66.1 cm³/mol. The van der Waals surface area contributed by atoms with Crippen LogP contribution in [0, 0.1) is 0 Å². The quantitative estimate of drug-likeness (QED) is 0.814. The average molecular weight is 234 g/mol. The Kier molecular flexibility index (Phi) is 3.31. The van der Waals surface area contributed by atoms with Crippen LogP contribution in [0.5, 0.6) is 0 Å². The summed E-state index contributed by atoms with van der Waals surface area (Å²) in [6.45, 7) is 2.19. The van der Waals surface area contributed by atoms with Gasteiger partial charge < -0.3 is 10.1 Å². The van der Waals surface area contributed by atoms with Crippen molar-refractivity contribution in [3.63, 3.8) is 0 Å². The van der Waals surface area contributed by atoms with E-state index in [0.717, 1.165) is 12.1 Å². The van der Waals surface area contributed by atoms with E-state index in [2.05, 4.69) is 22.0 Å². The van der Waals surface area contributed by atoms with Crippen LogP contribution in [0.4, 0.5) is 5.69 Å². The molecule has 1 aromatic heterocycles. The third kappa shape index (κ3) is 2.40. The lowest BCUT2D eigenvalue weighted by molar-refractivity contribution is 0.0594. The van der Waals surface area contributed by atoms with E-state index in [4.69, 9.17) is 0 Å². The van der Waals surface area contributed by atoms with Crippen molar-refractivity contribution >= 4 is 11.7 Å². The Morgan fingerprint density at radius 3 is 2.88 bits per heavy atom. The molecule has 0 aromatic carbocycles. The third-order valence-electron chi connectivity index (χ3n) is 3.55. The lowest BCUT2D eigenvalue weighted by Crippen LogP contribution is -2.44. The summed E-state index contributed by atoms with van der Waals surface area (Å²) in [6, 6.07) is 3.64. The zero-order valence-electron chi connectivity index (χ0n) is 10.3. The van der Waals surface area contributed by atoms with E-state index < -0.39 is 5.97 Å². The fourth-order valence-electron chi connectivity index (χ4n) is 2.20. The SMILES string of the molecule is CCC1(Nc2ccnc(C(=O)OC)c2)CCC1. The van der Waals surface area contributed by atoms with Crippen molar-refractivity contribution in [3.8, 4) is 0 Å². The Bertz CT molecular complexity index is 408. The highest BCUT2D eigenvalue weighted by Crippen LogP contribution is 2.37. The van der Waals surface area contributed by atoms with Crippen LogP contribution < -0.4 is 5.32 Å². The van der Waals surface area contributed by atoms with Gasteiger partial charge >= 0.3 is 5.97 Å². The van der Waals surface area contributed by atoms with Gasteiger partial charge in [0.05, 0.1) is 7.11 Å². The molecule has 17 heavy (non-hydrogen) atoms. The standard InChI is InChI=1S/C13H18N2O2/c1-3-13(6-4-7-13)15-10-5-8-14-11(9-10)12(16)17-2/h5,8-9H,3-4,6-7H2,1-2H3,(H,14,15). The largest absolute Gasteiger partial charge is 0.464 e. The Morgan fingerprint density at radius 1 is 1.59 bits per heavy atom. The van der Waals surface area contributed by atoms with Gasteiger partial charge in [0, 0.05) is 17.4 Å². The van der Waals surface area contributed by atoms with Gasteiger partial charge in [-0.25, -0.2) is 9.78 Å². The maximum absolute atomic E-state index is 11.4. The summed E-state index contributed by atoms with van der Waals surface area (Å²) in [7, 11) is 1.36. The van der Waals surface area contributed by atoms with Crippen molar-refractivity contribution in [1.29, 1.82) is 0 Å². The first-order valence-electron chi connectivity index (χ1n) is 6.02. The minimum atomic E-state index is -0.396. The second kappa shape index (κ2) is 4.73. The molecule has 2 rings (SSSR count). The van der Waals surface area contributed by atoms with Gasteiger partial charge in [0.25, 0.3) is 0 Å². The zero-order valence-corrected chi connectivity index (χ0v) is 10.3. The molecular weight excluding hydrogens is 216 g/mol. The summed E-state index contributed by atoms with van der Waals surface area (Å²) >= 11 is 0. The first-order valence-corrected chi connectivity index (χ1v) is 6.02. The minimum absolute atomic E-state index is 0.217. The van der Waals surface area contributed by atoms with Crippen LogP contribution in [-0.2, 0) is 4.74 Å². The molecule has 0 bridgehead atoms. The molecule has 1 saturated carbocycles. The number of rotatable bonds is 4. The van der Waals surface area contributed by atoms with Gasteiger partial charge in [0.1, 0.15) is 5.69 Å². The number of carbonyl (C=O) groups excluding carboxylic acids is 1. The van der Waals surface area contributed by atoms with E-state index in [-0.39, 0.29) is 5.54 Å². The Hall–Kier alpha value is -1.58. The van der Waals surface area contributed by atoms with Crippen molar-refractivity contribution in [2.24, 2.45) is 0 Å². The molecule has 1 fully saturated rings. The summed E-state index contributed by atoms with van der Waals surface area (Å²) in [5, 5.41) is 3.51. The van der Waals surface area contributed by atoms with E-state index in [9.17, 15) is 4.79 Å². The molecule has 0 atom stereocenters. The van der Waals surface area contributed by atoms with Gasteiger partial charge in [0.2, 0.25) is 0 Å². The van der Waals surface area contributed by atoms with Crippen molar-refractivity contribution in [2.75, 3.05) is 12.4 Å². The van der Waals surface area contributed by atoms with Gasteiger partial charge in [-0.3, -0.25) is 0 Å². The van der Waals surface area contributed by atoms with Crippen molar-refractivity contribution < 1.29 is 9.53 Å². The molecule has 0 spiro atoms. The number of esters is 1. The molecule has 0 amide bonds. The summed E-state index contributed by atoms with van der Waals surface area (Å²) < 4.78 is 4.66. The van der Waals surface area contributed by atoms with Crippen LogP contribution in [-0.4, -0.2) is 23.6 Å². The number of aromatic nitrogens is 1. The fraction of sp³-hybridized carbons (Fsp3) is 0.538. The fourth-order valence-corrected chi connectivity index (χ4v) is 2.20. The lowest BCUT2D eigenvalue weighted by Gasteiger charge is -2.43. The molecule has 1 aliphatic carbocycles. The number of hydrogen-bond acceptors (Lipinski definition) is 4. The molecule has 0 unspecified atom stereocenters.